The van der Waals surface area contributed by atoms with Gasteiger partial charge in [0.1, 0.15) is 26.4 Å². The van der Waals surface area contributed by atoms with Gasteiger partial charge < -0.3 is 30.3 Å². The predicted molar refractivity (Wildman–Crippen MR) is 190 cm³/mol. The fraction of sp³-hybridized carbons (Fsp3) is 0.222. The van der Waals surface area contributed by atoms with Gasteiger partial charge in [0.25, 0.3) is 0 Å². The Morgan fingerprint density at radius 1 is 0.500 bits per heavy atom. The highest BCUT2D eigenvalue weighted by atomic mass is 16.7. The molecule has 0 aliphatic heterocycles. The molecular weight excluding hydrogens is 708 g/mol. The van der Waals surface area contributed by atoms with E-state index in [4.69, 9.17) is 19.1 Å². The van der Waals surface area contributed by atoms with Crippen LogP contribution in [0, 0.1) is 9.81 Å². The van der Waals surface area contributed by atoms with Gasteiger partial charge in [0.05, 0.1) is 23.7 Å². The molecule has 2 atom stereocenters. The molecule has 4 aromatic carbocycles. The van der Waals surface area contributed by atoms with Crippen LogP contribution in [0.25, 0.3) is 0 Å². The summed E-state index contributed by atoms with van der Waals surface area (Å²) in [4.78, 5) is 78.4. The smallest absolute Gasteiger partial charge is 0.408 e. The molecule has 4 rings (SSSR count). The van der Waals surface area contributed by atoms with Gasteiger partial charge in [0.2, 0.25) is 0 Å². The molecule has 0 aromatic heterocycles. The maximum atomic E-state index is 11.8. The molecule has 54 heavy (non-hydrogen) atoms. The van der Waals surface area contributed by atoms with Crippen molar-refractivity contribution in [2.45, 2.75) is 38.5 Å². The minimum absolute atomic E-state index is 0.0147. The molecule has 4 aromatic rings. The number of carbonyl (C=O) groups is 4. The number of nitrogens with zero attached hydrogens (tertiary/aromatic N) is 4. The molecule has 0 fully saturated rings. The molecule has 0 saturated carbocycles. The standard InChI is InChI=1S/2C18H19N3O6/c2*22-17(23)16(19-18(24)26-12-14-7-3-1-4-8-14)11-21(20-25)27-13-15-9-5-2-6-10-15/h2*1-10,16H,11-13H2,(H,19,24)(H,22,23)/t2*16-/m00/s1. The lowest BCUT2D eigenvalue weighted by atomic mass is 10.2. The van der Waals surface area contributed by atoms with Crippen molar-refractivity contribution in [3.8, 4) is 0 Å². The highest BCUT2D eigenvalue weighted by molar-refractivity contribution is 5.80. The second-order valence-corrected chi connectivity index (χ2v) is 10.9. The molecule has 0 bridgehead atoms. The minimum Gasteiger partial charge on any atom is -0.480 e. The number of amides is 2. The Hall–Kier alpha value is -6.92. The van der Waals surface area contributed by atoms with Crippen molar-refractivity contribution < 1.29 is 48.5 Å². The Labute approximate surface area is 309 Å². The van der Waals surface area contributed by atoms with Gasteiger partial charge >= 0.3 is 24.1 Å². The largest absolute Gasteiger partial charge is 0.480 e. The number of hydrogen-bond donors (Lipinski definition) is 4. The molecule has 4 N–H and O–H groups in total. The van der Waals surface area contributed by atoms with E-state index >= 15 is 0 Å². The predicted octanol–water partition coefficient (Wildman–Crippen LogP) is 4.96. The van der Waals surface area contributed by atoms with Crippen molar-refractivity contribution in [2.75, 3.05) is 13.1 Å². The van der Waals surface area contributed by atoms with Crippen LogP contribution in [0.4, 0.5) is 9.59 Å². The van der Waals surface area contributed by atoms with E-state index in [0.29, 0.717) is 10.3 Å². The summed E-state index contributed by atoms with van der Waals surface area (Å²) in [6.07, 6.45) is -1.86. The van der Waals surface area contributed by atoms with Crippen molar-refractivity contribution in [1.29, 1.82) is 0 Å². The van der Waals surface area contributed by atoms with E-state index in [1.807, 2.05) is 24.3 Å². The Bertz CT molecular complexity index is 1610. The lowest BCUT2D eigenvalue weighted by Crippen LogP contribution is -2.47. The SMILES string of the molecule is O=NN(C[C@H](NC(=O)OCc1ccccc1)C(=O)O)OCc1ccccc1.O=NN(C[C@H](NC(=O)OCc1ccccc1)C(=O)O)OCc1ccccc1. The summed E-state index contributed by atoms with van der Waals surface area (Å²) in [6.45, 7) is -0.939. The maximum Gasteiger partial charge on any atom is 0.408 e. The van der Waals surface area contributed by atoms with Crippen LogP contribution >= 0.6 is 0 Å². The molecule has 18 nitrogen and oxygen atoms in total. The number of ether oxygens (including phenoxy) is 2. The van der Waals surface area contributed by atoms with E-state index in [1.165, 1.54) is 0 Å². The average molecular weight is 747 g/mol. The van der Waals surface area contributed by atoms with Gasteiger partial charge in [-0.15, -0.1) is 20.2 Å². The quantitative estimate of drug-likeness (QED) is 0.0691. The summed E-state index contributed by atoms with van der Waals surface area (Å²) in [5.41, 5.74) is 3.05. The molecule has 0 radical (unpaired) electrons. The molecule has 284 valence electrons. The summed E-state index contributed by atoms with van der Waals surface area (Å²) in [7, 11) is 0. The number of carboxylic acid groups (broad SMARTS) is 2. The summed E-state index contributed by atoms with van der Waals surface area (Å²) >= 11 is 0. The lowest BCUT2D eigenvalue weighted by Gasteiger charge is -2.20. The molecular formula is C36H38N6O12. The first-order valence-corrected chi connectivity index (χ1v) is 16.1. The monoisotopic (exact) mass is 746 g/mol. The Balaban J connectivity index is 0.000000290. The van der Waals surface area contributed by atoms with Crippen molar-refractivity contribution >= 4 is 24.1 Å². The van der Waals surface area contributed by atoms with E-state index in [0.717, 1.165) is 22.3 Å². The molecule has 0 spiro atoms. The van der Waals surface area contributed by atoms with Gasteiger partial charge in [-0.2, -0.15) is 0 Å². The van der Waals surface area contributed by atoms with Crippen LogP contribution in [-0.4, -0.2) is 69.9 Å². The number of nitroso groups, excluding NO2 is 2. The van der Waals surface area contributed by atoms with E-state index in [9.17, 15) is 39.2 Å². The minimum atomic E-state index is -1.44. The fourth-order valence-corrected chi connectivity index (χ4v) is 4.16. The van der Waals surface area contributed by atoms with Crippen molar-refractivity contribution in [1.82, 2.24) is 21.0 Å². The third-order valence-corrected chi connectivity index (χ3v) is 6.91. The third-order valence-electron chi connectivity index (χ3n) is 6.91. The molecule has 0 aliphatic rings. The second-order valence-electron chi connectivity index (χ2n) is 10.9. The normalized spacial score (nSPS) is 11.3. The van der Waals surface area contributed by atoms with Crippen LogP contribution in [-0.2, 0) is 55.2 Å². The van der Waals surface area contributed by atoms with Crippen LogP contribution in [0.3, 0.4) is 0 Å². The number of nitrogens with one attached hydrogen (secondary N) is 2. The third kappa shape index (κ3) is 16.4. The van der Waals surface area contributed by atoms with E-state index in [1.54, 1.807) is 97.1 Å². The van der Waals surface area contributed by atoms with Crippen LogP contribution < -0.4 is 10.6 Å². The number of carboxylic acids is 2. The molecule has 2 amide bonds. The zero-order chi connectivity index (χ0) is 39.0. The molecule has 0 aliphatic carbocycles. The summed E-state index contributed by atoms with van der Waals surface area (Å²) in [5.74, 6) is -2.72. The van der Waals surface area contributed by atoms with Gasteiger partial charge in [-0.3, -0.25) is 0 Å². The number of aliphatic carboxylic acids is 2. The van der Waals surface area contributed by atoms with Gasteiger partial charge in [0, 0.05) is 0 Å². The highest BCUT2D eigenvalue weighted by Gasteiger charge is 2.26. The zero-order valence-electron chi connectivity index (χ0n) is 28.7. The Morgan fingerprint density at radius 3 is 1.04 bits per heavy atom. The average Bonchev–Trinajstić information content (AvgIpc) is 3.20. The summed E-state index contributed by atoms with van der Waals surface area (Å²) in [5, 5.41) is 29.2. The fourth-order valence-electron chi connectivity index (χ4n) is 4.16. The Kier molecular flexibility index (Phi) is 18.1. The van der Waals surface area contributed by atoms with E-state index in [2.05, 4.69) is 21.2 Å². The van der Waals surface area contributed by atoms with Crippen molar-refractivity contribution in [2.24, 2.45) is 10.6 Å². The number of benzene rings is 4. The lowest BCUT2D eigenvalue weighted by molar-refractivity contribution is -0.179. The number of alkyl carbamates (subject to hydrolysis) is 2. The van der Waals surface area contributed by atoms with Crippen molar-refractivity contribution in [3.05, 3.63) is 153 Å². The first-order chi connectivity index (χ1) is 26.2. The topological polar surface area (TPSA) is 235 Å². The first-order valence-electron chi connectivity index (χ1n) is 16.1. The van der Waals surface area contributed by atoms with E-state index in [-0.39, 0.29) is 26.4 Å². The maximum absolute atomic E-state index is 11.8. The molecule has 0 saturated heterocycles. The first kappa shape index (κ1) is 41.5. The molecule has 0 heterocycles. The molecule has 18 heteroatoms. The second kappa shape index (κ2) is 23.5. The summed E-state index contributed by atoms with van der Waals surface area (Å²) < 4.78 is 9.94. The number of rotatable bonds is 20. The summed E-state index contributed by atoms with van der Waals surface area (Å²) in [6, 6.07) is 32.9. The zero-order valence-corrected chi connectivity index (χ0v) is 28.7. The number of hydrogen-bond acceptors (Lipinski definition) is 12. The van der Waals surface area contributed by atoms with Crippen molar-refractivity contribution in [3.63, 3.8) is 0 Å². The van der Waals surface area contributed by atoms with Gasteiger partial charge in [-0.05, 0) is 22.3 Å². The van der Waals surface area contributed by atoms with E-state index < -0.39 is 49.3 Å². The number of hydroxylamine groups is 2. The van der Waals surface area contributed by atoms with Gasteiger partial charge in [-0.1, -0.05) is 121 Å². The van der Waals surface area contributed by atoms with Crippen LogP contribution in [0.15, 0.2) is 132 Å². The van der Waals surface area contributed by atoms with Gasteiger partial charge in [-0.25, -0.2) is 28.9 Å². The number of carbonyl (C=O) groups excluding carboxylic acids is 2. The van der Waals surface area contributed by atoms with Gasteiger partial charge in [0.15, 0.2) is 12.1 Å². The van der Waals surface area contributed by atoms with Crippen LogP contribution in [0.1, 0.15) is 22.3 Å². The molecule has 0 unspecified atom stereocenters. The Morgan fingerprint density at radius 2 is 0.778 bits per heavy atom. The van der Waals surface area contributed by atoms with Crippen LogP contribution in [0.5, 0.6) is 0 Å². The van der Waals surface area contributed by atoms with Crippen LogP contribution in [0.2, 0.25) is 0 Å². The highest BCUT2D eigenvalue weighted by Crippen LogP contribution is 2.07.